The lowest BCUT2D eigenvalue weighted by Gasteiger charge is -2.25. The summed E-state index contributed by atoms with van der Waals surface area (Å²) in [6.45, 7) is 1.53. The van der Waals surface area contributed by atoms with Crippen molar-refractivity contribution in [3.63, 3.8) is 0 Å². The van der Waals surface area contributed by atoms with Crippen molar-refractivity contribution in [2.24, 2.45) is 0 Å². The lowest BCUT2D eigenvalue weighted by atomic mass is 10.1. The Balaban J connectivity index is 1.50. The predicted molar refractivity (Wildman–Crippen MR) is 90.1 cm³/mol. The van der Waals surface area contributed by atoms with E-state index in [1.165, 1.54) is 6.92 Å². The van der Waals surface area contributed by atoms with Crippen molar-refractivity contribution in [3.8, 4) is 5.75 Å². The first-order valence-corrected chi connectivity index (χ1v) is 8.59. The molecule has 1 saturated carbocycles. The van der Waals surface area contributed by atoms with Crippen LogP contribution in [0.2, 0.25) is 0 Å². The number of hydrogen-bond donors (Lipinski definition) is 2. The third-order valence-electron chi connectivity index (χ3n) is 4.44. The minimum Gasteiger partial charge on any atom is -0.478 e. The van der Waals surface area contributed by atoms with Crippen LogP contribution in [0.15, 0.2) is 24.3 Å². The van der Waals surface area contributed by atoms with Crippen LogP contribution in [0.1, 0.15) is 39.0 Å². The molecular formula is C18H22N2O5. The normalized spacial score (nSPS) is 20.8. The molecule has 1 heterocycles. The van der Waals surface area contributed by atoms with Gasteiger partial charge in [0.15, 0.2) is 12.2 Å². The van der Waals surface area contributed by atoms with Crippen molar-refractivity contribution in [2.45, 2.75) is 57.3 Å². The molecule has 0 aromatic heterocycles. The molecule has 134 valence electrons. The van der Waals surface area contributed by atoms with Crippen LogP contribution >= 0.6 is 0 Å². The zero-order valence-corrected chi connectivity index (χ0v) is 14.1. The van der Waals surface area contributed by atoms with Gasteiger partial charge in [-0.2, -0.15) is 0 Å². The number of benzene rings is 1. The van der Waals surface area contributed by atoms with E-state index in [1.807, 2.05) is 0 Å². The second-order valence-electron chi connectivity index (χ2n) is 6.42. The molecule has 2 N–H and O–H groups in total. The number of esters is 1. The Kier molecular flexibility index (Phi) is 5.21. The third-order valence-corrected chi connectivity index (χ3v) is 4.44. The van der Waals surface area contributed by atoms with E-state index in [4.69, 9.17) is 9.47 Å². The van der Waals surface area contributed by atoms with Gasteiger partial charge in [0.1, 0.15) is 5.75 Å². The van der Waals surface area contributed by atoms with Crippen molar-refractivity contribution in [1.82, 2.24) is 5.32 Å². The second-order valence-corrected chi connectivity index (χ2v) is 6.42. The number of amides is 2. The Morgan fingerprint density at radius 2 is 2.04 bits per heavy atom. The van der Waals surface area contributed by atoms with E-state index < -0.39 is 24.1 Å². The number of para-hydroxylation sites is 2. The predicted octanol–water partition coefficient (Wildman–Crippen LogP) is 1.77. The Labute approximate surface area is 146 Å². The lowest BCUT2D eigenvalue weighted by Crippen LogP contribution is -2.42. The van der Waals surface area contributed by atoms with Crippen LogP contribution in [0.25, 0.3) is 0 Å². The molecule has 1 aliphatic carbocycles. The topological polar surface area (TPSA) is 93.7 Å². The van der Waals surface area contributed by atoms with Gasteiger partial charge < -0.3 is 20.1 Å². The van der Waals surface area contributed by atoms with Crippen molar-refractivity contribution >= 4 is 23.5 Å². The summed E-state index contributed by atoms with van der Waals surface area (Å²) in [6, 6.07) is 7.16. The summed E-state index contributed by atoms with van der Waals surface area (Å²) < 4.78 is 10.7. The minimum atomic E-state index is -0.965. The molecule has 2 aliphatic rings. The van der Waals surface area contributed by atoms with Crippen molar-refractivity contribution in [3.05, 3.63) is 24.3 Å². The molecule has 0 spiro atoms. The van der Waals surface area contributed by atoms with Gasteiger partial charge in [-0.15, -0.1) is 0 Å². The second kappa shape index (κ2) is 7.55. The molecule has 2 unspecified atom stereocenters. The summed E-state index contributed by atoms with van der Waals surface area (Å²) in [5.41, 5.74) is 0.571. The number of nitrogens with one attached hydrogen (secondary N) is 2. The van der Waals surface area contributed by atoms with E-state index in [2.05, 4.69) is 10.6 Å². The van der Waals surface area contributed by atoms with E-state index in [-0.39, 0.29) is 18.4 Å². The first-order chi connectivity index (χ1) is 12.0. The Bertz CT molecular complexity index is 669. The molecule has 0 saturated heterocycles. The maximum atomic E-state index is 12.1. The maximum Gasteiger partial charge on any atom is 0.310 e. The zero-order chi connectivity index (χ0) is 17.8. The van der Waals surface area contributed by atoms with Crippen LogP contribution in [-0.4, -0.2) is 36.0 Å². The number of carbonyl (C=O) groups is 3. The highest BCUT2D eigenvalue weighted by Crippen LogP contribution is 2.29. The molecule has 1 aliphatic heterocycles. The number of rotatable bonds is 5. The van der Waals surface area contributed by atoms with Gasteiger partial charge in [-0.3, -0.25) is 14.4 Å². The highest BCUT2D eigenvalue weighted by molar-refractivity contribution is 5.99. The highest BCUT2D eigenvalue weighted by atomic mass is 16.6. The number of ether oxygens (including phenoxy) is 2. The van der Waals surface area contributed by atoms with Crippen LogP contribution in [-0.2, 0) is 19.1 Å². The fourth-order valence-corrected chi connectivity index (χ4v) is 3.07. The lowest BCUT2D eigenvalue weighted by molar-refractivity contribution is -0.157. The molecule has 7 heteroatoms. The molecule has 0 bridgehead atoms. The van der Waals surface area contributed by atoms with Crippen molar-refractivity contribution in [1.29, 1.82) is 0 Å². The van der Waals surface area contributed by atoms with E-state index in [0.29, 0.717) is 11.4 Å². The zero-order valence-electron chi connectivity index (χ0n) is 14.1. The van der Waals surface area contributed by atoms with E-state index in [1.54, 1.807) is 24.3 Å². The summed E-state index contributed by atoms with van der Waals surface area (Å²) in [4.78, 5) is 36.1. The smallest absolute Gasteiger partial charge is 0.310 e. The molecule has 1 fully saturated rings. The first kappa shape index (κ1) is 17.3. The largest absolute Gasteiger partial charge is 0.478 e. The molecular weight excluding hydrogens is 324 g/mol. The first-order valence-electron chi connectivity index (χ1n) is 8.59. The molecule has 2 amide bonds. The van der Waals surface area contributed by atoms with E-state index in [0.717, 1.165) is 25.7 Å². The van der Waals surface area contributed by atoms with Gasteiger partial charge in [-0.25, -0.2) is 0 Å². The van der Waals surface area contributed by atoms with Crippen LogP contribution in [0.5, 0.6) is 5.75 Å². The highest BCUT2D eigenvalue weighted by Gasteiger charge is 2.31. The summed E-state index contributed by atoms with van der Waals surface area (Å²) in [7, 11) is 0. The van der Waals surface area contributed by atoms with Crippen LogP contribution < -0.4 is 15.4 Å². The summed E-state index contributed by atoms with van der Waals surface area (Å²) in [5.74, 6) is -0.848. The SMILES string of the molecule is CC(OC(=O)CC1Oc2ccccc2NC1=O)C(=O)NC1CCCC1. The number of carbonyl (C=O) groups excluding carboxylic acids is 3. The number of fused-ring (bicyclic) bond motifs is 1. The standard InChI is InChI=1S/C18H22N2O5/c1-11(17(22)19-12-6-2-3-7-12)24-16(21)10-15-18(23)20-13-8-4-5-9-14(13)25-15/h4-5,8-9,11-12,15H,2-3,6-7,10H2,1H3,(H,19,22)(H,20,23). The average Bonchev–Trinajstić information content (AvgIpc) is 3.08. The monoisotopic (exact) mass is 346 g/mol. The summed E-state index contributed by atoms with van der Waals surface area (Å²) >= 11 is 0. The van der Waals surface area contributed by atoms with Crippen LogP contribution in [0, 0.1) is 0 Å². The number of hydrogen-bond acceptors (Lipinski definition) is 5. The van der Waals surface area contributed by atoms with E-state index >= 15 is 0 Å². The molecule has 3 rings (SSSR count). The molecule has 1 aromatic carbocycles. The van der Waals surface area contributed by atoms with Crippen molar-refractivity contribution < 1.29 is 23.9 Å². The van der Waals surface area contributed by atoms with Crippen LogP contribution in [0.3, 0.4) is 0 Å². The van der Waals surface area contributed by atoms with Gasteiger partial charge in [-0.1, -0.05) is 25.0 Å². The van der Waals surface area contributed by atoms with Gasteiger partial charge in [-0.05, 0) is 31.9 Å². The quantitative estimate of drug-likeness (QED) is 0.793. The average molecular weight is 346 g/mol. The van der Waals surface area contributed by atoms with Gasteiger partial charge in [0, 0.05) is 6.04 Å². The Hall–Kier alpha value is -2.57. The van der Waals surface area contributed by atoms with Gasteiger partial charge in [0.05, 0.1) is 12.1 Å². The fraction of sp³-hybridized carbons (Fsp3) is 0.500. The fourth-order valence-electron chi connectivity index (χ4n) is 3.07. The maximum absolute atomic E-state index is 12.1. The molecule has 7 nitrogen and oxygen atoms in total. The molecule has 0 radical (unpaired) electrons. The third kappa shape index (κ3) is 4.29. The minimum absolute atomic E-state index is 0.164. The Morgan fingerprint density at radius 1 is 1.32 bits per heavy atom. The molecule has 1 aromatic rings. The summed E-state index contributed by atoms with van der Waals surface area (Å²) in [5, 5.41) is 5.57. The van der Waals surface area contributed by atoms with Gasteiger partial charge in [0.2, 0.25) is 0 Å². The van der Waals surface area contributed by atoms with E-state index in [9.17, 15) is 14.4 Å². The Morgan fingerprint density at radius 3 is 2.80 bits per heavy atom. The van der Waals surface area contributed by atoms with Gasteiger partial charge >= 0.3 is 5.97 Å². The number of anilines is 1. The summed E-state index contributed by atoms with van der Waals surface area (Å²) in [6.07, 6.45) is 2.02. The van der Waals surface area contributed by atoms with Gasteiger partial charge in [0.25, 0.3) is 11.8 Å². The van der Waals surface area contributed by atoms with Crippen molar-refractivity contribution in [2.75, 3.05) is 5.32 Å². The molecule has 25 heavy (non-hydrogen) atoms. The molecule has 2 atom stereocenters. The van der Waals surface area contributed by atoms with Crippen LogP contribution in [0.4, 0.5) is 5.69 Å².